The van der Waals surface area contributed by atoms with E-state index in [1.807, 2.05) is 29.2 Å². The van der Waals surface area contributed by atoms with E-state index in [0.717, 1.165) is 87.1 Å². The van der Waals surface area contributed by atoms with Gasteiger partial charge in [0.05, 0.1) is 53.0 Å². The number of carbonyl (C=O) groups excluding carboxylic acids is 4. The van der Waals surface area contributed by atoms with Crippen LogP contribution in [0.5, 0.6) is 5.75 Å². The molecule has 0 spiro atoms. The fraction of sp³-hybridized carbons (Fsp3) is 0.465. The van der Waals surface area contributed by atoms with E-state index in [4.69, 9.17) is 9.84 Å². The number of rotatable bonds is 10. The van der Waals surface area contributed by atoms with E-state index >= 15 is 0 Å². The standard InChI is InChI=1S/C43H50FN11O5/c1-60-37-20-30(4-5-31(37)41(57)48-33-6-7-38(56)50-43(33)59)53-17-9-26(10-18-53)22-52-15-11-29(12-16-52)55-23-27-19-35(36(21-34(27)51-55)54-14-2-3-28(44)24-54)49-42(58)32-8-13-45-40-39(32)46-25-47-40/h4-5,8,13,19-21,23,25-26,28-29,33H,2-3,6-7,9-12,14-18,22,24H2,1H3,(H,48,57)(H,49,58)(H,45,46,47)(H,50,56,59)/t28?,33-/m0/s1. The molecule has 16 nitrogen and oxygen atoms in total. The summed E-state index contributed by atoms with van der Waals surface area (Å²) in [6, 6.07) is 10.7. The highest BCUT2D eigenvalue weighted by Crippen LogP contribution is 2.36. The minimum Gasteiger partial charge on any atom is -0.496 e. The van der Waals surface area contributed by atoms with Crippen LogP contribution < -0.4 is 30.5 Å². The number of piperidine rings is 4. The van der Waals surface area contributed by atoms with E-state index in [2.05, 4.69) is 51.6 Å². The van der Waals surface area contributed by atoms with Gasteiger partial charge in [-0.2, -0.15) is 5.10 Å². The number of benzene rings is 2. The molecule has 4 N–H and O–H groups in total. The number of nitrogens with zero attached hydrogens (tertiary/aromatic N) is 7. The molecule has 9 rings (SSSR count). The van der Waals surface area contributed by atoms with Crippen molar-refractivity contribution in [3.63, 3.8) is 0 Å². The number of aromatic nitrogens is 5. The molecule has 0 aliphatic carbocycles. The van der Waals surface area contributed by atoms with Gasteiger partial charge in [0.15, 0.2) is 5.65 Å². The first-order valence-electron chi connectivity index (χ1n) is 21.0. The number of carbonyl (C=O) groups is 4. The molecule has 17 heteroatoms. The summed E-state index contributed by atoms with van der Waals surface area (Å²) < 4.78 is 22.4. The number of nitrogens with one attached hydrogen (secondary N) is 4. The zero-order valence-corrected chi connectivity index (χ0v) is 33.7. The molecule has 0 bridgehead atoms. The van der Waals surface area contributed by atoms with Crippen molar-refractivity contribution in [2.24, 2.45) is 5.92 Å². The zero-order valence-electron chi connectivity index (χ0n) is 33.7. The first kappa shape index (κ1) is 39.4. The molecule has 4 saturated heterocycles. The third kappa shape index (κ3) is 8.22. The number of amides is 4. The van der Waals surface area contributed by atoms with Gasteiger partial charge < -0.3 is 35.1 Å². The van der Waals surface area contributed by atoms with Crippen LogP contribution in [-0.2, 0) is 9.59 Å². The van der Waals surface area contributed by atoms with Gasteiger partial charge in [0.1, 0.15) is 18.0 Å². The monoisotopic (exact) mass is 819 g/mol. The lowest BCUT2D eigenvalue weighted by Crippen LogP contribution is -2.52. The maximum atomic E-state index is 14.7. The van der Waals surface area contributed by atoms with Crippen molar-refractivity contribution >= 4 is 62.8 Å². The summed E-state index contributed by atoms with van der Waals surface area (Å²) in [5.41, 5.74) is 5.01. The summed E-state index contributed by atoms with van der Waals surface area (Å²) >= 11 is 0. The Morgan fingerprint density at radius 2 is 1.75 bits per heavy atom. The van der Waals surface area contributed by atoms with Gasteiger partial charge in [-0.3, -0.25) is 29.2 Å². The van der Waals surface area contributed by atoms with Crippen LogP contribution in [0.4, 0.5) is 21.5 Å². The van der Waals surface area contributed by atoms with Gasteiger partial charge in [0.2, 0.25) is 11.8 Å². The largest absolute Gasteiger partial charge is 0.496 e. The van der Waals surface area contributed by atoms with Gasteiger partial charge in [-0.25, -0.2) is 14.4 Å². The molecular formula is C43H50FN11O5. The SMILES string of the molecule is COc1cc(N2CCC(CN3CCC(n4cc5cc(NC(=O)c6ccnc7nc[nH]c67)c(N6CCCC(F)C6)cc5n4)CC3)CC2)ccc1C(=O)N[C@H]1CCC(=O)NC1=O. The summed E-state index contributed by atoms with van der Waals surface area (Å²) in [7, 11) is 1.53. The number of hydrogen-bond acceptors (Lipinski definition) is 11. The highest BCUT2D eigenvalue weighted by Gasteiger charge is 2.31. The average Bonchev–Trinajstić information content (AvgIpc) is 3.92. The predicted molar refractivity (Wildman–Crippen MR) is 224 cm³/mol. The van der Waals surface area contributed by atoms with Gasteiger partial charge in [-0.15, -0.1) is 0 Å². The van der Waals surface area contributed by atoms with Crippen LogP contribution in [0, 0.1) is 5.92 Å². The number of pyridine rings is 1. The molecule has 3 aromatic heterocycles. The normalized spacial score (nSPS) is 21.0. The number of imide groups is 1. The summed E-state index contributed by atoms with van der Waals surface area (Å²) in [6.45, 7) is 5.77. The second kappa shape index (κ2) is 16.9. The molecule has 0 radical (unpaired) electrons. The number of methoxy groups -OCH3 is 1. The van der Waals surface area contributed by atoms with Crippen molar-refractivity contribution in [2.75, 3.05) is 68.0 Å². The molecular weight excluding hydrogens is 770 g/mol. The molecule has 1 unspecified atom stereocenters. The second-order valence-corrected chi connectivity index (χ2v) is 16.5. The Kier molecular flexibility index (Phi) is 11.1. The third-order valence-corrected chi connectivity index (χ3v) is 12.6. The molecule has 60 heavy (non-hydrogen) atoms. The highest BCUT2D eigenvalue weighted by molar-refractivity contribution is 6.13. The Morgan fingerprint density at radius 1 is 0.917 bits per heavy atom. The molecule has 4 fully saturated rings. The van der Waals surface area contributed by atoms with Crippen LogP contribution in [0.2, 0.25) is 0 Å². The van der Waals surface area contributed by atoms with Crippen LogP contribution in [-0.4, -0.2) is 118 Å². The van der Waals surface area contributed by atoms with Crippen molar-refractivity contribution in [3.8, 4) is 5.75 Å². The first-order chi connectivity index (χ1) is 29.2. The Balaban J connectivity index is 0.806. The van der Waals surface area contributed by atoms with Crippen molar-refractivity contribution in [2.45, 2.75) is 69.6 Å². The smallest absolute Gasteiger partial charge is 0.258 e. The quantitative estimate of drug-likeness (QED) is 0.145. The summed E-state index contributed by atoms with van der Waals surface area (Å²) in [4.78, 5) is 68.8. The number of fused-ring (bicyclic) bond motifs is 2. The van der Waals surface area contributed by atoms with E-state index < -0.39 is 24.0 Å². The van der Waals surface area contributed by atoms with Crippen LogP contribution >= 0.6 is 0 Å². The number of imidazole rings is 1. The van der Waals surface area contributed by atoms with Crippen LogP contribution in [0.25, 0.3) is 22.1 Å². The number of H-pyrrole nitrogens is 1. The van der Waals surface area contributed by atoms with Gasteiger partial charge in [0, 0.05) is 81.8 Å². The third-order valence-electron chi connectivity index (χ3n) is 12.6. The molecule has 7 heterocycles. The van der Waals surface area contributed by atoms with Gasteiger partial charge in [-0.05, 0) is 81.2 Å². The Labute approximate surface area is 346 Å². The van der Waals surface area contributed by atoms with Crippen molar-refractivity contribution in [3.05, 3.63) is 66.2 Å². The van der Waals surface area contributed by atoms with Crippen molar-refractivity contribution < 1.29 is 28.3 Å². The minimum absolute atomic E-state index is 0.186. The van der Waals surface area contributed by atoms with Crippen LogP contribution in [0.1, 0.15) is 78.1 Å². The molecule has 314 valence electrons. The average molecular weight is 820 g/mol. The molecule has 4 aliphatic rings. The molecule has 4 aliphatic heterocycles. The highest BCUT2D eigenvalue weighted by atomic mass is 19.1. The fourth-order valence-electron chi connectivity index (χ4n) is 9.24. The lowest BCUT2D eigenvalue weighted by atomic mass is 9.94. The molecule has 2 aromatic carbocycles. The van der Waals surface area contributed by atoms with Gasteiger partial charge in [-0.1, -0.05) is 0 Å². The number of hydrogen-bond donors (Lipinski definition) is 4. The van der Waals surface area contributed by atoms with Crippen molar-refractivity contribution in [1.82, 2.24) is 40.3 Å². The summed E-state index contributed by atoms with van der Waals surface area (Å²) in [6.07, 6.45) is 10.0. The number of anilines is 3. The Hall–Kier alpha value is -6.10. The van der Waals surface area contributed by atoms with Gasteiger partial charge >= 0.3 is 0 Å². The predicted octanol–water partition coefficient (Wildman–Crippen LogP) is 4.60. The summed E-state index contributed by atoms with van der Waals surface area (Å²) in [5.74, 6) is -0.513. The number of aromatic amines is 1. The second-order valence-electron chi connectivity index (χ2n) is 16.5. The fourth-order valence-corrected chi connectivity index (χ4v) is 9.24. The molecule has 2 atom stereocenters. The number of halogens is 1. The van der Waals surface area contributed by atoms with E-state index in [-0.39, 0.29) is 37.2 Å². The van der Waals surface area contributed by atoms with Crippen LogP contribution in [0.3, 0.4) is 0 Å². The number of alkyl halides is 1. The maximum Gasteiger partial charge on any atom is 0.258 e. The molecule has 0 saturated carbocycles. The first-order valence-corrected chi connectivity index (χ1v) is 21.0. The van der Waals surface area contributed by atoms with E-state index in [0.29, 0.717) is 52.6 Å². The Morgan fingerprint density at radius 3 is 2.53 bits per heavy atom. The molecule has 4 amide bonds. The molecule has 5 aromatic rings. The number of ether oxygens (including phenoxy) is 1. The Bertz CT molecular complexity index is 2420. The summed E-state index contributed by atoms with van der Waals surface area (Å²) in [5, 5.41) is 14.1. The maximum absolute atomic E-state index is 14.7. The van der Waals surface area contributed by atoms with Crippen molar-refractivity contribution in [1.29, 1.82) is 0 Å². The number of likely N-dealkylation sites (tertiary alicyclic amines) is 1. The van der Waals surface area contributed by atoms with E-state index in [1.165, 1.54) is 13.4 Å². The minimum atomic E-state index is -0.933. The van der Waals surface area contributed by atoms with E-state index in [1.54, 1.807) is 18.3 Å². The zero-order chi connectivity index (χ0) is 41.3. The van der Waals surface area contributed by atoms with E-state index in [9.17, 15) is 23.6 Å². The lowest BCUT2D eigenvalue weighted by Gasteiger charge is -2.38. The lowest BCUT2D eigenvalue weighted by molar-refractivity contribution is -0.134. The topological polar surface area (TPSA) is 183 Å². The van der Waals surface area contributed by atoms with Gasteiger partial charge in [0.25, 0.3) is 11.8 Å². The van der Waals surface area contributed by atoms with Crippen LogP contribution in [0.15, 0.2) is 55.1 Å².